The first-order chi connectivity index (χ1) is 9.99. The second-order valence-corrected chi connectivity index (χ2v) is 5.25. The summed E-state index contributed by atoms with van der Waals surface area (Å²) in [5.74, 6) is 5.88. The third kappa shape index (κ3) is 5.02. The third-order valence-corrected chi connectivity index (χ3v) is 3.03. The van der Waals surface area contributed by atoms with Gasteiger partial charge < -0.3 is 5.43 Å². The van der Waals surface area contributed by atoms with E-state index in [0.717, 1.165) is 12.1 Å². The number of benzene rings is 1. The molecule has 0 aliphatic carbocycles. The van der Waals surface area contributed by atoms with Gasteiger partial charge in [0.05, 0.1) is 11.0 Å². The molecule has 0 aliphatic rings. The maximum Gasteiger partial charge on any atom is 0.293 e. The first kappa shape index (κ1) is 16.9. The number of nitro groups is 1. The average molecular weight is 291 g/mol. The van der Waals surface area contributed by atoms with E-state index < -0.39 is 4.92 Å². The molecular weight excluding hydrogens is 270 g/mol. The molecule has 0 heterocycles. The highest BCUT2D eigenvalue weighted by Crippen LogP contribution is 2.28. The number of nitrogens with zero attached hydrogens (tertiary/aromatic N) is 3. The molecule has 7 nitrogen and oxygen atoms in total. The van der Waals surface area contributed by atoms with Gasteiger partial charge in [0.15, 0.2) is 0 Å². The largest absolute Gasteiger partial charge is 0.318 e. The minimum Gasteiger partial charge on any atom is -0.318 e. The fraction of sp³-hybridized carbons (Fsp3) is 0.500. The molecule has 0 spiro atoms. The number of hydrogen-bond acceptors (Lipinski definition) is 6. The number of hydrazine groups is 1. The smallest absolute Gasteiger partial charge is 0.293 e. The summed E-state index contributed by atoms with van der Waals surface area (Å²) in [5.41, 5.74) is 3.47. The molecule has 0 bridgehead atoms. The van der Waals surface area contributed by atoms with Crippen LogP contribution in [-0.2, 0) is 6.54 Å². The molecule has 1 aromatic rings. The normalized spacial score (nSPS) is 10.7. The van der Waals surface area contributed by atoms with Crippen molar-refractivity contribution in [1.29, 1.82) is 5.26 Å². The van der Waals surface area contributed by atoms with Crippen LogP contribution in [0.2, 0.25) is 0 Å². The highest BCUT2D eigenvalue weighted by atomic mass is 16.6. The lowest BCUT2D eigenvalue weighted by atomic mass is 10.1. The van der Waals surface area contributed by atoms with Gasteiger partial charge in [0.2, 0.25) is 0 Å². The van der Waals surface area contributed by atoms with E-state index in [0.29, 0.717) is 31.1 Å². The number of hydrogen-bond donors (Lipinski definition) is 2. The Balaban J connectivity index is 2.99. The molecule has 1 rings (SSSR count). The summed E-state index contributed by atoms with van der Waals surface area (Å²) in [6, 6.07) is 7.00. The van der Waals surface area contributed by atoms with E-state index >= 15 is 0 Å². The number of nitrogens with two attached hydrogens (primary N) is 1. The van der Waals surface area contributed by atoms with E-state index in [1.165, 1.54) is 6.07 Å². The maximum atomic E-state index is 11.0. The van der Waals surface area contributed by atoms with Gasteiger partial charge in [-0.15, -0.1) is 0 Å². The Labute approximate surface area is 124 Å². The molecule has 0 aliphatic heterocycles. The molecule has 0 saturated carbocycles. The predicted octanol–water partition coefficient (Wildman–Crippen LogP) is 2.25. The number of rotatable bonds is 8. The standard InChI is InChI=1S/C14H21N5O2/c1-11(2)9-18(8-4-7-15)10-12-5-3-6-13(19(20)21)14(12)17-16/h3,5-6,11,17H,4,8-10,16H2,1-2H3. The van der Waals surface area contributed by atoms with Gasteiger partial charge in [-0.1, -0.05) is 26.0 Å². The molecule has 3 N–H and O–H groups in total. The van der Waals surface area contributed by atoms with Crippen LogP contribution in [0.4, 0.5) is 11.4 Å². The summed E-state index contributed by atoms with van der Waals surface area (Å²) in [7, 11) is 0. The minimum atomic E-state index is -0.458. The SMILES string of the molecule is CC(C)CN(CCC#N)Cc1cccc([N+](=O)[O-])c1NN. The van der Waals surface area contributed by atoms with Crippen molar-refractivity contribution in [3.8, 4) is 6.07 Å². The Hall–Kier alpha value is -2.17. The Bertz CT molecular complexity index is 525. The van der Waals surface area contributed by atoms with Crippen LogP contribution >= 0.6 is 0 Å². The van der Waals surface area contributed by atoms with Crippen molar-refractivity contribution in [1.82, 2.24) is 4.90 Å². The van der Waals surface area contributed by atoms with E-state index in [4.69, 9.17) is 11.1 Å². The first-order valence-corrected chi connectivity index (χ1v) is 6.81. The molecular formula is C14H21N5O2. The highest BCUT2D eigenvalue weighted by Gasteiger charge is 2.18. The molecule has 0 unspecified atom stereocenters. The molecule has 114 valence electrons. The lowest BCUT2D eigenvalue weighted by Gasteiger charge is -2.24. The summed E-state index contributed by atoms with van der Waals surface area (Å²) < 4.78 is 0. The number of anilines is 1. The monoisotopic (exact) mass is 291 g/mol. The van der Waals surface area contributed by atoms with Crippen LogP contribution < -0.4 is 11.3 Å². The van der Waals surface area contributed by atoms with Crippen LogP contribution in [-0.4, -0.2) is 22.9 Å². The van der Waals surface area contributed by atoms with Crippen LogP contribution in [0.15, 0.2) is 18.2 Å². The van der Waals surface area contributed by atoms with Crippen LogP contribution in [0, 0.1) is 27.4 Å². The number of nitro benzene ring substituents is 1. The molecule has 0 saturated heterocycles. The molecule has 7 heteroatoms. The Morgan fingerprint density at radius 1 is 1.52 bits per heavy atom. The molecule has 0 fully saturated rings. The Morgan fingerprint density at radius 2 is 2.24 bits per heavy atom. The van der Waals surface area contributed by atoms with E-state index in [1.54, 1.807) is 6.07 Å². The fourth-order valence-electron chi connectivity index (χ4n) is 2.24. The summed E-state index contributed by atoms with van der Waals surface area (Å²) in [4.78, 5) is 12.7. The zero-order valence-corrected chi connectivity index (χ0v) is 12.4. The Morgan fingerprint density at radius 3 is 2.76 bits per heavy atom. The number of nitriles is 1. The van der Waals surface area contributed by atoms with Gasteiger partial charge in [-0.25, -0.2) is 0 Å². The summed E-state index contributed by atoms with van der Waals surface area (Å²) >= 11 is 0. The van der Waals surface area contributed by atoms with Gasteiger partial charge in [-0.05, 0) is 11.5 Å². The van der Waals surface area contributed by atoms with Gasteiger partial charge in [0, 0.05) is 32.1 Å². The number of nitrogen functional groups attached to an aromatic ring is 1. The maximum absolute atomic E-state index is 11.0. The second kappa shape index (κ2) is 8.19. The lowest BCUT2D eigenvalue weighted by molar-refractivity contribution is -0.384. The molecule has 1 aromatic carbocycles. The molecule has 21 heavy (non-hydrogen) atoms. The second-order valence-electron chi connectivity index (χ2n) is 5.25. The summed E-state index contributed by atoms with van der Waals surface area (Å²) in [6.07, 6.45) is 0.424. The van der Waals surface area contributed by atoms with Crippen molar-refractivity contribution < 1.29 is 4.92 Å². The molecule has 0 aromatic heterocycles. The van der Waals surface area contributed by atoms with Gasteiger partial charge >= 0.3 is 0 Å². The van der Waals surface area contributed by atoms with Gasteiger partial charge in [-0.3, -0.25) is 20.9 Å². The van der Waals surface area contributed by atoms with Crippen molar-refractivity contribution >= 4 is 11.4 Å². The molecule has 0 amide bonds. The third-order valence-electron chi connectivity index (χ3n) is 3.03. The summed E-state index contributed by atoms with van der Waals surface area (Å²) in [5, 5.41) is 19.8. The highest BCUT2D eigenvalue weighted by molar-refractivity contribution is 5.65. The predicted molar refractivity (Wildman–Crippen MR) is 81.3 cm³/mol. The van der Waals surface area contributed by atoms with E-state index in [1.807, 2.05) is 6.07 Å². The number of nitrogens with one attached hydrogen (secondary N) is 1. The van der Waals surface area contributed by atoms with Crippen LogP contribution in [0.1, 0.15) is 25.8 Å². The van der Waals surface area contributed by atoms with Gasteiger partial charge in [0.25, 0.3) is 5.69 Å². The topological polar surface area (TPSA) is 108 Å². The van der Waals surface area contributed by atoms with E-state index in [-0.39, 0.29) is 5.69 Å². The van der Waals surface area contributed by atoms with Crippen molar-refractivity contribution in [3.63, 3.8) is 0 Å². The lowest BCUT2D eigenvalue weighted by Crippen LogP contribution is -2.29. The average Bonchev–Trinajstić information content (AvgIpc) is 2.43. The zero-order chi connectivity index (χ0) is 15.8. The summed E-state index contributed by atoms with van der Waals surface area (Å²) in [6.45, 7) is 6.14. The quantitative estimate of drug-likeness (QED) is 0.432. The van der Waals surface area contributed by atoms with Crippen molar-refractivity contribution in [2.45, 2.75) is 26.8 Å². The van der Waals surface area contributed by atoms with Crippen molar-refractivity contribution in [3.05, 3.63) is 33.9 Å². The van der Waals surface area contributed by atoms with Crippen molar-refractivity contribution in [2.24, 2.45) is 11.8 Å². The fourth-order valence-corrected chi connectivity index (χ4v) is 2.24. The number of para-hydroxylation sites is 1. The van der Waals surface area contributed by atoms with E-state index in [2.05, 4.69) is 30.2 Å². The molecule has 0 radical (unpaired) electrons. The minimum absolute atomic E-state index is 0.0419. The van der Waals surface area contributed by atoms with Gasteiger partial charge in [-0.2, -0.15) is 5.26 Å². The van der Waals surface area contributed by atoms with Crippen LogP contribution in [0.25, 0.3) is 0 Å². The Kier molecular flexibility index (Phi) is 6.59. The van der Waals surface area contributed by atoms with Crippen LogP contribution in [0.5, 0.6) is 0 Å². The molecule has 0 atom stereocenters. The van der Waals surface area contributed by atoms with Crippen molar-refractivity contribution in [2.75, 3.05) is 18.5 Å². The van der Waals surface area contributed by atoms with E-state index in [9.17, 15) is 10.1 Å². The van der Waals surface area contributed by atoms with Gasteiger partial charge in [0.1, 0.15) is 5.69 Å². The van der Waals surface area contributed by atoms with Crippen LogP contribution in [0.3, 0.4) is 0 Å². The first-order valence-electron chi connectivity index (χ1n) is 6.81. The zero-order valence-electron chi connectivity index (χ0n) is 12.4.